The molecule has 1 saturated carbocycles. The van der Waals surface area contributed by atoms with E-state index in [1.54, 1.807) is 0 Å². The van der Waals surface area contributed by atoms with Crippen molar-refractivity contribution in [1.82, 2.24) is 15.8 Å². The number of guanidine groups is 1. The maximum Gasteiger partial charge on any atom is 0.191 e. The van der Waals surface area contributed by atoms with E-state index in [1.165, 1.54) is 32.1 Å². The molecule has 0 spiro atoms. The zero-order valence-corrected chi connectivity index (χ0v) is 14.2. The van der Waals surface area contributed by atoms with Crippen LogP contribution < -0.4 is 10.6 Å². The molecule has 1 heterocycles. The van der Waals surface area contributed by atoms with Gasteiger partial charge in [0.05, 0.1) is 5.69 Å². The molecule has 1 aliphatic rings. The second-order valence-electron chi connectivity index (χ2n) is 6.10. The summed E-state index contributed by atoms with van der Waals surface area (Å²) in [6.07, 6.45) is 7.35. The Labute approximate surface area is 133 Å². The monoisotopic (exact) mass is 306 g/mol. The lowest BCUT2D eigenvalue weighted by Gasteiger charge is -2.29. The van der Waals surface area contributed by atoms with Crippen LogP contribution in [0.3, 0.4) is 0 Å². The SMILES string of the molecule is CCNC(=NCc1cc(CC)no1)NC1CCC(CC)CC1. The largest absolute Gasteiger partial charge is 0.359 e. The number of rotatable bonds is 6. The van der Waals surface area contributed by atoms with Crippen molar-refractivity contribution in [3.05, 3.63) is 17.5 Å². The molecule has 0 aromatic carbocycles. The van der Waals surface area contributed by atoms with Crippen LogP contribution in [-0.2, 0) is 13.0 Å². The van der Waals surface area contributed by atoms with E-state index in [-0.39, 0.29) is 0 Å². The van der Waals surface area contributed by atoms with E-state index < -0.39 is 0 Å². The first kappa shape index (κ1) is 16.8. The number of nitrogens with zero attached hydrogens (tertiary/aromatic N) is 2. The van der Waals surface area contributed by atoms with Crippen LogP contribution in [0.15, 0.2) is 15.6 Å². The molecule has 0 bridgehead atoms. The summed E-state index contributed by atoms with van der Waals surface area (Å²) < 4.78 is 5.29. The van der Waals surface area contributed by atoms with Gasteiger partial charge in [0.25, 0.3) is 0 Å². The van der Waals surface area contributed by atoms with Crippen LogP contribution >= 0.6 is 0 Å². The smallest absolute Gasteiger partial charge is 0.191 e. The maximum absolute atomic E-state index is 5.29. The predicted molar refractivity (Wildman–Crippen MR) is 89.9 cm³/mol. The van der Waals surface area contributed by atoms with Crippen LogP contribution in [0.1, 0.15) is 64.3 Å². The Bertz CT molecular complexity index is 461. The minimum Gasteiger partial charge on any atom is -0.359 e. The van der Waals surface area contributed by atoms with Crippen LogP contribution in [0.4, 0.5) is 0 Å². The highest BCUT2D eigenvalue weighted by Crippen LogP contribution is 2.26. The van der Waals surface area contributed by atoms with E-state index in [0.717, 1.165) is 36.3 Å². The molecule has 0 radical (unpaired) electrons. The second kappa shape index (κ2) is 8.81. The fourth-order valence-corrected chi connectivity index (χ4v) is 2.98. The fourth-order valence-electron chi connectivity index (χ4n) is 2.98. The van der Waals surface area contributed by atoms with Gasteiger partial charge < -0.3 is 15.2 Å². The van der Waals surface area contributed by atoms with Gasteiger partial charge in [-0.05, 0) is 44.9 Å². The molecule has 1 fully saturated rings. The Hall–Kier alpha value is -1.52. The molecule has 0 amide bonds. The van der Waals surface area contributed by atoms with Gasteiger partial charge >= 0.3 is 0 Å². The van der Waals surface area contributed by atoms with Gasteiger partial charge in [-0.3, -0.25) is 0 Å². The third-order valence-electron chi connectivity index (χ3n) is 4.47. The van der Waals surface area contributed by atoms with Crippen molar-refractivity contribution in [3.63, 3.8) is 0 Å². The molecule has 0 saturated heterocycles. The highest BCUT2D eigenvalue weighted by Gasteiger charge is 2.20. The van der Waals surface area contributed by atoms with Gasteiger partial charge in [0, 0.05) is 18.7 Å². The zero-order chi connectivity index (χ0) is 15.8. The van der Waals surface area contributed by atoms with Crippen LogP contribution in [0.2, 0.25) is 0 Å². The highest BCUT2D eigenvalue weighted by molar-refractivity contribution is 5.80. The molecule has 5 nitrogen and oxygen atoms in total. The molecule has 1 aromatic heterocycles. The molecule has 124 valence electrons. The average molecular weight is 306 g/mol. The van der Waals surface area contributed by atoms with Crippen molar-refractivity contribution < 1.29 is 4.52 Å². The minimum atomic E-state index is 0.534. The molecule has 1 aliphatic carbocycles. The lowest BCUT2D eigenvalue weighted by molar-refractivity contribution is 0.304. The van der Waals surface area contributed by atoms with E-state index in [1.807, 2.05) is 6.07 Å². The van der Waals surface area contributed by atoms with E-state index in [4.69, 9.17) is 4.52 Å². The zero-order valence-electron chi connectivity index (χ0n) is 14.2. The van der Waals surface area contributed by atoms with Crippen molar-refractivity contribution >= 4 is 5.96 Å². The molecular formula is C17H30N4O. The number of aryl methyl sites for hydroxylation is 1. The fraction of sp³-hybridized carbons (Fsp3) is 0.765. The van der Waals surface area contributed by atoms with Crippen molar-refractivity contribution in [2.45, 2.75) is 71.9 Å². The molecular weight excluding hydrogens is 276 g/mol. The molecule has 0 unspecified atom stereocenters. The van der Waals surface area contributed by atoms with Crippen LogP contribution in [0.25, 0.3) is 0 Å². The van der Waals surface area contributed by atoms with Crippen molar-refractivity contribution in [1.29, 1.82) is 0 Å². The molecule has 2 rings (SSSR count). The van der Waals surface area contributed by atoms with Gasteiger partial charge in [0.1, 0.15) is 6.54 Å². The second-order valence-corrected chi connectivity index (χ2v) is 6.10. The van der Waals surface area contributed by atoms with Gasteiger partial charge in [-0.25, -0.2) is 4.99 Å². The van der Waals surface area contributed by atoms with Gasteiger partial charge in [-0.15, -0.1) is 0 Å². The highest BCUT2D eigenvalue weighted by atomic mass is 16.5. The lowest BCUT2D eigenvalue weighted by Crippen LogP contribution is -2.44. The summed E-state index contributed by atoms with van der Waals surface area (Å²) in [6, 6.07) is 2.53. The van der Waals surface area contributed by atoms with Gasteiger partial charge in [-0.2, -0.15) is 0 Å². The number of hydrogen-bond donors (Lipinski definition) is 2. The third kappa shape index (κ3) is 5.04. The Balaban J connectivity index is 1.87. The normalized spacial score (nSPS) is 22.6. The summed E-state index contributed by atoms with van der Waals surface area (Å²) in [4.78, 5) is 4.63. The summed E-state index contributed by atoms with van der Waals surface area (Å²) in [5.74, 6) is 2.62. The van der Waals surface area contributed by atoms with Gasteiger partial charge in [0.15, 0.2) is 11.7 Å². The lowest BCUT2D eigenvalue weighted by atomic mass is 9.84. The Morgan fingerprint density at radius 3 is 2.64 bits per heavy atom. The van der Waals surface area contributed by atoms with Crippen LogP contribution in [0.5, 0.6) is 0 Å². The van der Waals surface area contributed by atoms with Crippen molar-refractivity contribution in [2.24, 2.45) is 10.9 Å². The quantitative estimate of drug-likeness (QED) is 0.625. The summed E-state index contributed by atoms with van der Waals surface area (Å²) in [5, 5.41) is 10.9. The van der Waals surface area contributed by atoms with E-state index in [2.05, 4.69) is 41.6 Å². The topological polar surface area (TPSA) is 62.5 Å². The van der Waals surface area contributed by atoms with Gasteiger partial charge in [0.2, 0.25) is 0 Å². The van der Waals surface area contributed by atoms with Gasteiger partial charge in [-0.1, -0.05) is 25.4 Å². The molecule has 0 atom stereocenters. The Morgan fingerprint density at radius 1 is 1.27 bits per heavy atom. The van der Waals surface area contributed by atoms with E-state index >= 15 is 0 Å². The van der Waals surface area contributed by atoms with Crippen LogP contribution in [-0.4, -0.2) is 23.7 Å². The van der Waals surface area contributed by atoms with E-state index in [0.29, 0.717) is 12.6 Å². The summed E-state index contributed by atoms with van der Waals surface area (Å²) >= 11 is 0. The van der Waals surface area contributed by atoms with E-state index in [9.17, 15) is 0 Å². The first-order valence-electron chi connectivity index (χ1n) is 8.74. The predicted octanol–water partition coefficient (Wildman–Crippen LogP) is 3.26. The minimum absolute atomic E-state index is 0.534. The number of aliphatic imine (C=N–C) groups is 1. The number of nitrogens with one attached hydrogen (secondary N) is 2. The number of aromatic nitrogens is 1. The summed E-state index contributed by atoms with van der Waals surface area (Å²) in [6.45, 7) is 7.86. The summed E-state index contributed by atoms with van der Waals surface area (Å²) in [7, 11) is 0. The first-order chi connectivity index (χ1) is 10.7. The molecule has 2 N–H and O–H groups in total. The molecule has 5 heteroatoms. The average Bonchev–Trinajstić information content (AvgIpc) is 3.01. The number of hydrogen-bond acceptors (Lipinski definition) is 3. The summed E-state index contributed by atoms with van der Waals surface area (Å²) in [5.41, 5.74) is 0.987. The Morgan fingerprint density at radius 2 is 2.05 bits per heavy atom. The van der Waals surface area contributed by atoms with Crippen molar-refractivity contribution in [2.75, 3.05) is 6.54 Å². The Kier molecular flexibility index (Phi) is 6.74. The third-order valence-corrected chi connectivity index (χ3v) is 4.47. The molecule has 22 heavy (non-hydrogen) atoms. The first-order valence-corrected chi connectivity index (χ1v) is 8.74. The molecule has 0 aliphatic heterocycles. The van der Waals surface area contributed by atoms with Crippen molar-refractivity contribution in [3.8, 4) is 0 Å². The van der Waals surface area contributed by atoms with Crippen LogP contribution in [0, 0.1) is 5.92 Å². The standard InChI is InChI=1S/C17H30N4O/c1-4-13-7-9-15(10-8-13)20-17(18-6-3)19-12-16-11-14(5-2)21-22-16/h11,13,15H,4-10,12H2,1-3H3,(H2,18,19,20). The molecule has 1 aromatic rings. The maximum atomic E-state index is 5.29.